The zero-order chi connectivity index (χ0) is 20.0. The molecule has 27 heavy (non-hydrogen) atoms. The quantitative estimate of drug-likeness (QED) is 0.796. The first-order valence-electron chi connectivity index (χ1n) is 8.67. The van der Waals surface area contributed by atoms with Crippen molar-refractivity contribution in [2.45, 2.75) is 26.9 Å². The van der Waals surface area contributed by atoms with Gasteiger partial charge in [-0.05, 0) is 56.2 Å². The molecule has 0 aliphatic heterocycles. The van der Waals surface area contributed by atoms with Crippen LogP contribution in [0, 0.1) is 13.8 Å². The minimum atomic E-state index is -0.957. The Kier molecular flexibility index (Phi) is 6.71. The van der Waals surface area contributed by atoms with Crippen molar-refractivity contribution in [1.82, 2.24) is 5.32 Å². The summed E-state index contributed by atoms with van der Waals surface area (Å²) in [4.78, 5) is 37.9. The number of amides is 2. The van der Waals surface area contributed by atoms with E-state index < -0.39 is 12.1 Å². The number of hydrogen-bond donors (Lipinski definition) is 1. The van der Waals surface area contributed by atoms with Crippen LogP contribution in [0.3, 0.4) is 0 Å². The first-order valence-corrected chi connectivity index (χ1v) is 8.67. The fourth-order valence-electron chi connectivity index (χ4n) is 2.48. The Labute approximate surface area is 159 Å². The number of anilines is 1. The third kappa shape index (κ3) is 5.41. The van der Waals surface area contributed by atoms with Gasteiger partial charge >= 0.3 is 5.97 Å². The molecule has 1 N–H and O–H groups in total. The Bertz CT molecular complexity index is 833. The van der Waals surface area contributed by atoms with Crippen molar-refractivity contribution in [3.63, 3.8) is 0 Å². The molecule has 0 aliphatic carbocycles. The molecule has 1 atom stereocenters. The normalized spacial score (nSPS) is 11.4. The second kappa shape index (κ2) is 8.98. The van der Waals surface area contributed by atoms with Gasteiger partial charge in [-0.2, -0.15) is 0 Å². The maximum atomic E-state index is 12.4. The summed E-state index contributed by atoms with van der Waals surface area (Å²) in [5, 5.41) is 2.51. The number of aryl methyl sites for hydroxylation is 2. The summed E-state index contributed by atoms with van der Waals surface area (Å²) < 4.78 is 5.14. The highest BCUT2D eigenvalue weighted by Gasteiger charge is 2.22. The van der Waals surface area contributed by atoms with Crippen molar-refractivity contribution < 1.29 is 19.1 Å². The highest BCUT2D eigenvalue weighted by molar-refractivity contribution is 5.98. The minimum Gasteiger partial charge on any atom is -0.451 e. The molecule has 0 heterocycles. The summed E-state index contributed by atoms with van der Waals surface area (Å²) >= 11 is 0. The lowest BCUT2D eigenvalue weighted by Crippen LogP contribution is -2.39. The van der Waals surface area contributed by atoms with Crippen molar-refractivity contribution in [3.05, 3.63) is 65.2 Å². The molecule has 6 heteroatoms. The van der Waals surface area contributed by atoms with Crippen LogP contribution in [0.1, 0.15) is 28.4 Å². The number of esters is 1. The number of rotatable bonds is 6. The van der Waals surface area contributed by atoms with E-state index in [1.165, 1.54) is 11.8 Å². The molecule has 0 radical (unpaired) electrons. The monoisotopic (exact) mass is 368 g/mol. The predicted octanol–water partition coefficient (Wildman–Crippen LogP) is 2.63. The number of benzene rings is 2. The Balaban J connectivity index is 1.86. The third-order valence-corrected chi connectivity index (χ3v) is 4.29. The maximum Gasteiger partial charge on any atom is 0.326 e. The van der Waals surface area contributed by atoms with Gasteiger partial charge < -0.3 is 15.0 Å². The third-order valence-electron chi connectivity index (χ3n) is 4.29. The predicted molar refractivity (Wildman–Crippen MR) is 104 cm³/mol. The van der Waals surface area contributed by atoms with Crippen LogP contribution in [0.2, 0.25) is 0 Å². The van der Waals surface area contributed by atoms with Crippen molar-refractivity contribution in [2.75, 3.05) is 18.5 Å². The van der Waals surface area contributed by atoms with E-state index in [0.717, 1.165) is 11.1 Å². The van der Waals surface area contributed by atoms with Crippen LogP contribution in [-0.4, -0.2) is 37.5 Å². The molecular formula is C21H24N2O4. The van der Waals surface area contributed by atoms with Crippen molar-refractivity contribution in [1.29, 1.82) is 0 Å². The maximum absolute atomic E-state index is 12.4. The van der Waals surface area contributed by atoms with Gasteiger partial charge in [0.25, 0.3) is 11.8 Å². The van der Waals surface area contributed by atoms with E-state index in [9.17, 15) is 14.4 Å². The molecule has 0 saturated heterocycles. The first kappa shape index (κ1) is 20.2. The highest BCUT2D eigenvalue weighted by Crippen LogP contribution is 2.13. The fraction of sp³-hybridized carbons (Fsp3) is 0.286. The van der Waals surface area contributed by atoms with Gasteiger partial charge in [0.2, 0.25) is 0 Å². The molecular weight excluding hydrogens is 344 g/mol. The van der Waals surface area contributed by atoms with E-state index in [1.54, 1.807) is 31.3 Å². The van der Waals surface area contributed by atoms with Crippen LogP contribution in [0.5, 0.6) is 0 Å². The van der Waals surface area contributed by atoms with E-state index >= 15 is 0 Å². The van der Waals surface area contributed by atoms with Gasteiger partial charge in [-0.15, -0.1) is 0 Å². The van der Waals surface area contributed by atoms with E-state index in [1.807, 2.05) is 38.1 Å². The Morgan fingerprint density at radius 3 is 2.33 bits per heavy atom. The van der Waals surface area contributed by atoms with Crippen LogP contribution >= 0.6 is 0 Å². The fourth-order valence-corrected chi connectivity index (χ4v) is 2.48. The summed E-state index contributed by atoms with van der Waals surface area (Å²) in [6.45, 7) is 5.07. The van der Waals surface area contributed by atoms with Crippen LogP contribution in [0.4, 0.5) is 5.69 Å². The molecule has 0 unspecified atom stereocenters. The van der Waals surface area contributed by atoms with Crippen LogP contribution in [0.25, 0.3) is 0 Å². The molecule has 0 bridgehead atoms. The van der Waals surface area contributed by atoms with Gasteiger partial charge in [-0.25, -0.2) is 0 Å². The molecule has 142 valence electrons. The van der Waals surface area contributed by atoms with Crippen molar-refractivity contribution >= 4 is 23.5 Å². The zero-order valence-electron chi connectivity index (χ0n) is 16.0. The van der Waals surface area contributed by atoms with E-state index in [0.29, 0.717) is 11.3 Å². The van der Waals surface area contributed by atoms with E-state index in [-0.39, 0.29) is 18.4 Å². The number of carbonyl (C=O) groups is 3. The van der Waals surface area contributed by atoms with Gasteiger partial charge in [0.15, 0.2) is 6.10 Å². The lowest BCUT2D eigenvalue weighted by molar-refractivity contribution is -0.152. The van der Waals surface area contributed by atoms with Crippen molar-refractivity contribution in [2.24, 2.45) is 0 Å². The Morgan fingerprint density at radius 1 is 1.04 bits per heavy atom. The average molecular weight is 368 g/mol. The van der Waals surface area contributed by atoms with Crippen LogP contribution < -0.4 is 10.2 Å². The largest absolute Gasteiger partial charge is 0.451 e. The van der Waals surface area contributed by atoms with Gasteiger partial charge in [-0.1, -0.05) is 24.3 Å². The average Bonchev–Trinajstić information content (AvgIpc) is 2.67. The molecule has 2 aromatic rings. The van der Waals surface area contributed by atoms with Gasteiger partial charge in [0, 0.05) is 18.3 Å². The van der Waals surface area contributed by atoms with E-state index in [4.69, 9.17) is 4.74 Å². The summed E-state index contributed by atoms with van der Waals surface area (Å²) in [7, 11) is 1.61. The molecule has 0 fully saturated rings. The number of likely N-dealkylation sites (N-methyl/N-ethyl adjacent to an activating group) is 1. The molecule has 2 amide bonds. The van der Waals surface area contributed by atoms with Crippen LogP contribution in [-0.2, 0) is 14.3 Å². The zero-order valence-corrected chi connectivity index (χ0v) is 16.0. The Morgan fingerprint density at radius 2 is 1.70 bits per heavy atom. The van der Waals surface area contributed by atoms with Crippen molar-refractivity contribution in [3.8, 4) is 0 Å². The van der Waals surface area contributed by atoms with E-state index in [2.05, 4.69) is 5.32 Å². The standard InChI is InChI=1S/C21H24N2O4/c1-14-10-11-17(12-15(14)2)20(25)22-13-19(24)27-16(3)21(26)23(4)18-8-6-5-7-9-18/h5-12,16H,13H2,1-4H3,(H,22,25)/t16-/m0/s1. The molecule has 2 rings (SSSR count). The number of carbonyl (C=O) groups excluding carboxylic acids is 3. The number of ether oxygens (including phenoxy) is 1. The SMILES string of the molecule is Cc1ccc(C(=O)NCC(=O)O[C@@H](C)C(=O)N(C)c2ccccc2)cc1C. The van der Waals surface area contributed by atoms with Gasteiger partial charge in [0.1, 0.15) is 6.54 Å². The summed E-state index contributed by atoms with van der Waals surface area (Å²) in [5.41, 5.74) is 3.25. The lowest BCUT2D eigenvalue weighted by Gasteiger charge is -2.21. The number of hydrogen-bond acceptors (Lipinski definition) is 4. The summed E-state index contributed by atoms with van der Waals surface area (Å²) in [5.74, 6) is -1.39. The lowest BCUT2D eigenvalue weighted by atomic mass is 10.1. The number of para-hydroxylation sites is 1. The molecule has 0 spiro atoms. The molecule has 0 aliphatic rings. The molecule has 0 saturated carbocycles. The molecule has 0 aromatic heterocycles. The summed E-state index contributed by atoms with van der Waals surface area (Å²) in [6.07, 6.45) is -0.957. The number of nitrogens with one attached hydrogen (secondary N) is 1. The molecule has 2 aromatic carbocycles. The summed E-state index contributed by atoms with van der Waals surface area (Å²) in [6, 6.07) is 14.4. The smallest absolute Gasteiger partial charge is 0.326 e. The minimum absolute atomic E-state index is 0.307. The Hall–Kier alpha value is -3.15. The second-order valence-corrected chi connectivity index (χ2v) is 6.35. The topological polar surface area (TPSA) is 75.7 Å². The first-order chi connectivity index (χ1) is 12.8. The second-order valence-electron chi connectivity index (χ2n) is 6.35. The van der Waals surface area contributed by atoms with Gasteiger partial charge in [-0.3, -0.25) is 14.4 Å². The van der Waals surface area contributed by atoms with Crippen LogP contribution in [0.15, 0.2) is 48.5 Å². The highest BCUT2D eigenvalue weighted by atomic mass is 16.5. The molecule has 6 nitrogen and oxygen atoms in total. The van der Waals surface area contributed by atoms with Gasteiger partial charge in [0.05, 0.1) is 0 Å². The number of nitrogens with zero attached hydrogens (tertiary/aromatic N) is 1.